The Bertz CT molecular complexity index is 471. The molecule has 0 aliphatic heterocycles. The number of amides is 2. The lowest BCUT2D eigenvalue weighted by atomic mass is 10.1. The molecule has 0 spiro atoms. The Labute approximate surface area is 131 Å². The van der Waals surface area contributed by atoms with Gasteiger partial charge in [-0.15, -0.1) is 0 Å². The number of hydrogen-bond acceptors (Lipinski definition) is 2. The van der Waals surface area contributed by atoms with Crippen molar-refractivity contribution in [1.29, 1.82) is 0 Å². The minimum Gasteiger partial charge on any atom is -0.352 e. The quantitative estimate of drug-likeness (QED) is 0.848. The Morgan fingerprint density at radius 1 is 0.905 bits per heavy atom. The molecule has 0 saturated heterocycles. The largest absolute Gasteiger partial charge is 0.352 e. The highest BCUT2D eigenvalue weighted by molar-refractivity contribution is 6.31. The molecule has 1 aromatic carbocycles. The zero-order chi connectivity index (χ0) is 16.0. The molecule has 1 aromatic rings. The standard InChI is InChI=1S/C16H23ClN2O2/c1-10(2)8-18-15(20)12-5-13(7-14(17)6-12)16(21)19-9-11(3)4/h5-7,10-11H,8-9H2,1-4H3,(H,18,20)(H,19,21). The number of rotatable bonds is 6. The van der Waals surface area contributed by atoms with E-state index in [1.54, 1.807) is 18.2 Å². The Balaban J connectivity index is 2.84. The van der Waals surface area contributed by atoms with Crippen LogP contribution in [0.25, 0.3) is 0 Å². The molecule has 0 aromatic heterocycles. The van der Waals surface area contributed by atoms with Crippen LogP contribution in [0.5, 0.6) is 0 Å². The molecular weight excluding hydrogens is 288 g/mol. The van der Waals surface area contributed by atoms with Gasteiger partial charge >= 0.3 is 0 Å². The fourth-order valence-electron chi connectivity index (χ4n) is 1.65. The van der Waals surface area contributed by atoms with Gasteiger partial charge in [-0.2, -0.15) is 0 Å². The smallest absolute Gasteiger partial charge is 0.251 e. The van der Waals surface area contributed by atoms with Crippen molar-refractivity contribution in [2.24, 2.45) is 11.8 Å². The molecule has 1 rings (SSSR count). The molecule has 4 nitrogen and oxygen atoms in total. The van der Waals surface area contributed by atoms with E-state index in [1.165, 1.54) is 0 Å². The van der Waals surface area contributed by atoms with Crippen molar-refractivity contribution in [2.45, 2.75) is 27.7 Å². The van der Waals surface area contributed by atoms with Crippen molar-refractivity contribution in [3.05, 3.63) is 34.3 Å². The topological polar surface area (TPSA) is 58.2 Å². The van der Waals surface area contributed by atoms with E-state index < -0.39 is 0 Å². The SMILES string of the molecule is CC(C)CNC(=O)c1cc(Cl)cc(C(=O)NCC(C)C)c1. The highest BCUT2D eigenvalue weighted by atomic mass is 35.5. The molecule has 0 atom stereocenters. The Hall–Kier alpha value is -1.55. The van der Waals surface area contributed by atoms with Crippen LogP contribution in [0.3, 0.4) is 0 Å². The lowest BCUT2D eigenvalue weighted by Gasteiger charge is -2.11. The average Bonchev–Trinajstić information content (AvgIpc) is 2.41. The molecule has 116 valence electrons. The van der Waals surface area contributed by atoms with Crippen LogP contribution in [0.2, 0.25) is 5.02 Å². The second-order valence-corrected chi connectivity index (χ2v) is 6.37. The number of carbonyl (C=O) groups excluding carboxylic acids is 2. The van der Waals surface area contributed by atoms with E-state index in [2.05, 4.69) is 10.6 Å². The third-order valence-corrected chi connectivity index (χ3v) is 2.98. The van der Waals surface area contributed by atoms with Gasteiger partial charge < -0.3 is 10.6 Å². The van der Waals surface area contributed by atoms with Gasteiger partial charge in [0.1, 0.15) is 0 Å². The van der Waals surface area contributed by atoms with Crippen LogP contribution < -0.4 is 10.6 Å². The predicted molar refractivity (Wildman–Crippen MR) is 85.8 cm³/mol. The summed E-state index contributed by atoms with van der Waals surface area (Å²) in [6, 6.07) is 4.70. The van der Waals surface area contributed by atoms with Gasteiger partial charge in [0, 0.05) is 29.2 Å². The van der Waals surface area contributed by atoms with Gasteiger partial charge in [0.05, 0.1) is 0 Å². The molecule has 5 heteroatoms. The maximum Gasteiger partial charge on any atom is 0.251 e. The minimum absolute atomic E-state index is 0.218. The van der Waals surface area contributed by atoms with Crippen LogP contribution >= 0.6 is 11.6 Å². The molecule has 0 radical (unpaired) electrons. The summed E-state index contributed by atoms with van der Waals surface area (Å²) in [5.74, 6) is 0.289. The zero-order valence-electron chi connectivity index (χ0n) is 13.0. The third kappa shape index (κ3) is 6.17. The number of halogens is 1. The summed E-state index contributed by atoms with van der Waals surface area (Å²) in [5.41, 5.74) is 0.802. The average molecular weight is 311 g/mol. The molecular formula is C16H23ClN2O2. The first-order valence-corrected chi connectivity index (χ1v) is 7.54. The predicted octanol–water partition coefficient (Wildman–Crippen LogP) is 3.11. The first-order valence-electron chi connectivity index (χ1n) is 7.16. The molecule has 0 bridgehead atoms. The summed E-state index contributed by atoms with van der Waals surface area (Å²) in [4.78, 5) is 24.1. The Morgan fingerprint density at radius 2 is 1.29 bits per heavy atom. The third-order valence-electron chi connectivity index (χ3n) is 2.76. The number of benzene rings is 1. The zero-order valence-corrected chi connectivity index (χ0v) is 13.8. The lowest BCUT2D eigenvalue weighted by Crippen LogP contribution is -2.29. The Morgan fingerprint density at radius 3 is 1.62 bits per heavy atom. The highest BCUT2D eigenvalue weighted by Gasteiger charge is 2.13. The molecule has 0 heterocycles. The molecule has 0 saturated carbocycles. The monoisotopic (exact) mass is 310 g/mol. The minimum atomic E-state index is -0.218. The lowest BCUT2D eigenvalue weighted by molar-refractivity contribution is 0.0948. The van der Waals surface area contributed by atoms with Gasteiger partial charge in [-0.1, -0.05) is 39.3 Å². The summed E-state index contributed by atoms with van der Waals surface area (Å²) >= 11 is 6.00. The Kier molecular flexibility index (Phi) is 6.69. The maximum atomic E-state index is 12.0. The van der Waals surface area contributed by atoms with E-state index in [0.29, 0.717) is 41.1 Å². The van der Waals surface area contributed by atoms with Crippen molar-refractivity contribution in [3.8, 4) is 0 Å². The normalized spacial score (nSPS) is 10.8. The molecule has 2 amide bonds. The fraction of sp³-hybridized carbons (Fsp3) is 0.500. The fourth-order valence-corrected chi connectivity index (χ4v) is 1.88. The van der Waals surface area contributed by atoms with Crippen LogP contribution in [0.15, 0.2) is 18.2 Å². The summed E-state index contributed by atoms with van der Waals surface area (Å²) in [7, 11) is 0. The van der Waals surface area contributed by atoms with E-state index >= 15 is 0 Å². The van der Waals surface area contributed by atoms with Crippen molar-refractivity contribution in [2.75, 3.05) is 13.1 Å². The molecule has 0 fully saturated rings. The van der Waals surface area contributed by atoms with E-state index in [1.807, 2.05) is 27.7 Å². The van der Waals surface area contributed by atoms with E-state index in [4.69, 9.17) is 11.6 Å². The number of nitrogens with one attached hydrogen (secondary N) is 2. The summed E-state index contributed by atoms with van der Waals surface area (Å²) < 4.78 is 0. The van der Waals surface area contributed by atoms with Crippen molar-refractivity contribution in [1.82, 2.24) is 10.6 Å². The van der Waals surface area contributed by atoms with Gasteiger partial charge in [0.2, 0.25) is 0 Å². The van der Waals surface area contributed by atoms with Gasteiger partial charge in [-0.05, 0) is 30.0 Å². The molecule has 0 unspecified atom stereocenters. The van der Waals surface area contributed by atoms with Crippen molar-refractivity contribution < 1.29 is 9.59 Å². The van der Waals surface area contributed by atoms with Crippen LogP contribution in [-0.2, 0) is 0 Å². The first kappa shape index (κ1) is 17.5. The van der Waals surface area contributed by atoms with Crippen LogP contribution in [0.4, 0.5) is 0 Å². The molecule has 21 heavy (non-hydrogen) atoms. The van der Waals surface area contributed by atoms with Gasteiger partial charge in [0.15, 0.2) is 0 Å². The highest BCUT2D eigenvalue weighted by Crippen LogP contribution is 2.15. The van der Waals surface area contributed by atoms with E-state index in [-0.39, 0.29) is 11.8 Å². The van der Waals surface area contributed by atoms with Crippen molar-refractivity contribution in [3.63, 3.8) is 0 Å². The molecule has 0 aliphatic rings. The van der Waals surface area contributed by atoms with Gasteiger partial charge in [-0.25, -0.2) is 0 Å². The van der Waals surface area contributed by atoms with Gasteiger partial charge in [-0.3, -0.25) is 9.59 Å². The van der Waals surface area contributed by atoms with Gasteiger partial charge in [0.25, 0.3) is 11.8 Å². The van der Waals surface area contributed by atoms with Crippen LogP contribution in [0, 0.1) is 11.8 Å². The van der Waals surface area contributed by atoms with Crippen LogP contribution in [-0.4, -0.2) is 24.9 Å². The van der Waals surface area contributed by atoms with Crippen LogP contribution in [0.1, 0.15) is 48.4 Å². The summed E-state index contributed by atoms with van der Waals surface area (Å²) in [6.45, 7) is 9.23. The second kappa shape index (κ2) is 8.03. The molecule has 2 N–H and O–H groups in total. The summed E-state index contributed by atoms with van der Waals surface area (Å²) in [5, 5.41) is 6.00. The second-order valence-electron chi connectivity index (χ2n) is 5.94. The summed E-state index contributed by atoms with van der Waals surface area (Å²) in [6.07, 6.45) is 0. The maximum absolute atomic E-state index is 12.0. The van der Waals surface area contributed by atoms with E-state index in [0.717, 1.165) is 0 Å². The van der Waals surface area contributed by atoms with E-state index in [9.17, 15) is 9.59 Å². The first-order chi connectivity index (χ1) is 9.79. The number of carbonyl (C=O) groups is 2. The number of hydrogen-bond donors (Lipinski definition) is 2. The molecule has 0 aliphatic carbocycles. The van der Waals surface area contributed by atoms with Crippen molar-refractivity contribution >= 4 is 23.4 Å².